The van der Waals surface area contributed by atoms with Crippen LogP contribution in [0, 0.1) is 0 Å². The van der Waals surface area contributed by atoms with Crippen LogP contribution in [-0.2, 0) is 64.9 Å². The highest BCUT2D eigenvalue weighted by Gasteiger charge is 2.57. The Balaban J connectivity index is 1.37. The molecule has 0 aliphatic carbocycles. The molecule has 1 unspecified atom stereocenters. The number of oxime groups is 1. The molecule has 18 nitrogen and oxygen atoms in total. The van der Waals surface area contributed by atoms with Crippen molar-refractivity contribution in [2.45, 2.75) is 44.4 Å². The number of alkyl halides is 1. The van der Waals surface area contributed by atoms with Crippen molar-refractivity contribution in [2.75, 3.05) is 29.4 Å². The molecule has 3 aliphatic heterocycles. The number of halogens is 1. The molecule has 2 radical (unpaired) electrons. The van der Waals surface area contributed by atoms with Gasteiger partial charge in [-0.1, -0.05) is 39.9 Å². The molecular weight excluding hydrogens is 851 g/mol. The van der Waals surface area contributed by atoms with Crippen LogP contribution in [0.5, 0.6) is 5.75 Å². The molecule has 4 heterocycles. The highest BCUT2D eigenvalue weighted by molar-refractivity contribution is 14.1. The minimum absolute atomic E-state index is 0.00306. The van der Waals surface area contributed by atoms with Gasteiger partial charge in [-0.25, -0.2) is 19.4 Å². The fourth-order valence-electron chi connectivity index (χ4n) is 4.78. The highest BCUT2D eigenvalue weighted by atomic mass is 127. The van der Waals surface area contributed by atoms with E-state index in [0.717, 1.165) is 22.2 Å². The monoisotopic (exact) mass is 881 g/mol. The number of hydrogen-bond acceptors (Lipinski definition) is 16. The maximum absolute atomic E-state index is 13.8. The molecule has 1 aromatic carbocycles. The van der Waals surface area contributed by atoms with Crippen molar-refractivity contribution in [2.24, 2.45) is 5.16 Å². The molecule has 2 N–H and O–H groups in total. The van der Waals surface area contributed by atoms with Gasteiger partial charge in [-0.3, -0.25) is 24.0 Å². The number of methoxy groups -OCH3 is 1. The van der Waals surface area contributed by atoms with Crippen molar-refractivity contribution in [1.29, 1.82) is 0 Å². The summed E-state index contributed by atoms with van der Waals surface area (Å²) in [5.41, 5.74) is -0.526. The number of rotatable bonds is 13. The molecule has 2 fully saturated rings. The lowest BCUT2D eigenvalue weighted by molar-refractivity contribution is -0.153. The standard InChI is InChI=1S/C30H30B2IN5O13S2/c1-30(2,3)49-29(43)36-28-34-18(12-52-28)20(37-51-19(26(41)50-31)9-32-47-14-48-32)23(39)35-21-24(40)38-22(16(10-33)13-53(44)25(21)38)27(42)46-11-15-5-7-17(45-4)8-6-15/h5-9,12,21,25H,10-11,13-14H2,1-4H3,(H,35,39)(H,34,36,43)/b19-9+,37-20-/t21-,25-,53?/m1/s1. The van der Waals surface area contributed by atoms with Crippen molar-refractivity contribution in [3.8, 4) is 5.75 Å². The van der Waals surface area contributed by atoms with E-state index in [1.54, 1.807) is 45.0 Å². The van der Waals surface area contributed by atoms with Crippen molar-refractivity contribution >= 4 is 101 Å². The van der Waals surface area contributed by atoms with Crippen LogP contribution in [-0.4, -0.2) is 106 Å². The number of carbonyl (C=O) groups is 5. The third-order valence-corrected chi connectivity index (χ3v) is 10.6. The fourth-order valence-corrected chi connectivity index (χ4v) is 8.15. The number of esters is 1. The van der Waals surface area contributed by atoms with Crippen molar-refractivity contribution < 1.29 is 61.2 Å². The highest BCUT2D eigenvalue weighted by Crippen LogP contribution is 2.36. The molecule has 1 aromatic heterocycles. The zero-order valence-corrected chi connectivity index (χ0v) is 32.2. The number of thiazole rings is 1. The first-order valence-corrected chi connectivity index (χ1v) is 19.2. The molecule has 2 aromatic rings. The molecule has 53 heavy (non-hydrogen) atoms. The molecule has 23 heteroatoms. The predicted octanol–water partition coefficient (Wildman–Crippen LogP) is 1.61. The summed E-state index contributed by atoms with van der Waals surface area (Å²) < 4.78 is 44.0. The Morgan fingerprint density at radius 2 is 1.94 bits per heavy atom. The first kappa shape index (κ1) is 39.9. The summed E-state index contributed by atoms with van der Waals surface area (Å²) >= 11 is 2.89. The maximum Gasteiger partial charge on any atom is 0.493 e. The van der Waals surface area contributed by atoms with Crippen LogP contribution >= 0.6 is 33.9 Å². The van der Waals surface area contributed by atoms with E-state index in [2.05, 4.69) is 25.4 Å². The van der Waals surface area contributed by atoms with E-state index in [1.807, 2.05) is 22.6 Å². The Hall–Kier alpha value is -4.32. The van der Waals surface area contributed by atoms with Crippen LogP contribution in [0.3, 0.4) is 0 Å². The second kappa shape index (κ2) is 17.2. The number of carbonyl (C=O) groups excluding carboxylic acids is 5. The molecule has 3 amide bonds. The number of benzene rings is 1. The van der Waals surface area contributed by atoms with Crippen LogP contribution in [0.2, 0.25) is 0 Å². The smallest absolute Gasteiger partial charge is 0.493 e. The van der Waals surface area contributed by atoms with E-state index in [9.17, 15) is 28.2 Å². The first-order chi connectivity index (χ1) is 25.2. The third-order valence-electron chi connectivity index (χ3n) is 7.24. The molecule has 2 saturated heterocycles. The number of anilines is 1. The topological polar surface area (TPSA) is 220 Å². The maximum atomic E-state index is 13.8. The largest absolute Gasteiger partial charge is 0.538 e. The predicted molar refractivity (Wildman–Crippen MR) is 197 cm³/mol. The molecule has 0 spiro atoms. The number of amides is 3. The van der Waals surface area contributed by atoms with Crippen molar-refractivity contribution in [3.05, 3.63) is 63.9 Å². The van der Waals surface area contributed by atoms with Crippen molar-refractivity contribution in [1.82, 2.24) is 15.2 Å². The average molecular weight is 881 g/mol. The van der Waals surface area contributed by atoms with Gasteiger partial charge in [-0.2, -0.15) is 0 Å². The van der Waals surface area contributed by atoms with Gasteiger partial charge in [0.05, 0.1) is 23.7 Å². The minimum atomic E-state index is -1.75. The van der Waals surface area contributed by atoms with Gasteiger partial charge in [0.2, 0.25) is 5.76 Å². The second-order valence-electron chi connectivity index (χ2n) is 12.0. The number of β-lactam (4-membered cyclic amide) rings is 1. The third kappa shape index (κ3) is 9.62. The normalized spacial score (nSPS) is 20.0. The number of nitrogens with one attached hydrogen (secondary N) is 2. The number of ether oxygens (including phenoxy) is 3. The van der Waals surface area contributed by atoms with E-state index in [0.29, 0.717) is 16.9 Å². The Bertz CT molecular complexity index is 1900. The summed E-state index contributed by atoms with van der Waals surface area (Å²) in [7, 11) is 3.79. The zero-order chi connectivity index (χ0) is 38.4. The van der Waals surface area contributed by atoms with E-state index in [4.69, 9.17) is 36.4 Å². The van der Waals surface area contributed by atoms with Crippen LogP contribution in [0.15, 0.2) is 57.8 Å². The summed E-state index contributed by atoms with van der Waals surface area (Å²) in [5, 5.41) is 8.91. The van der Waals surface area contributed by atoms with Gasteiger partial charge < -0.3 is 38.3 Å². The lowest BCUT2D eigenvalue weighted by Gasteiger charge is -2.49. The molecule has 0 saturated carbocycles. The average Bonchev–Trinajstić information content (AvgIpc) is 3.56. The molecule has 3 aliphatic rings. The van der Waals surface area contributed by atoms with Crippen LogP contribution < -0.4 is 15.4 Å². The number of fused-ring (bicyclic) bond motifs is 1. The fraction of sp³-hybridized carbons (Fsp3) is 0.367. The lowest BCUT2D eigenvalue weighted by Crippen LogP contribution is -2.74. The van der Waals surface area contributed by atoms with Crippen LogP contribution in [0.25, 0.3) is 0 Å². The Labute approximate surface area is 324 Å². The van der Waals surface area contributed by atoms with Gasteiger partial charge in [-0.05, 0) is 50.0 Å². The van der Waals surface area contributed by atoms with Gasteiger partial charge in [-0.15, -0.1) is 11.3 Å². The number of aromatic nitrogens is 1. The lowest BCUT2D eigenvalue weighted by atomic mass is 9.87. The van der Waals surface area contributed by atoms with Crippen LogP contribution in [0.4, 0.5) is 9.93 Å². The van der Waals surface area contributed by atoms with E-state index < -0.39 is 76.3 Å². The summed E-state index contributed by atoms with van der Waals surface area (Å²) in [6.45, 7) is 4.83. The van der Waals surface area contributed by atoms with Gasteiger partial charge in [0, 0.05) is 9.81 Å². The molecule has 0 bridgehead atoms. The van der Waals surface area contributed by atoms with Gasteiger partial charge in [0.25, 0.3) is 11.8 Å². The molecular formula is C30H30B2IN5O13S2. The van der Waals surface area contributed by atoms with Gasteiger partial charge in [0.1, 0.15) is 47.6 Å². The first-order valence-electron chi connectivity index (χ1n) is 15.4. The van der Waals surface area contributed by atoms with E-state index in [-0.39, 0.29) is 40.1 Å². The minimum Gasteiger partial charge on any atom is -0.538 e. The summed E-state index contributed by atoms with van der Waals surface area (Å²) in [6, 6.07) is 5.46. The van der Waals surface area contributed by atoms with E-state index >= 15 is 0 Å². The second-order valence-corrected chi connectivity index (χ2v) is 15.2. The molecule has 3 atom stereocenters. The molecule has 278 valence electrons. The summed E-state index contributed by atoms with van der Waals surface area (Å²) in [4.78, 5) is 75.9. The Morgan fingerprint density at radius 3 is 2.55 bits per heavy atom. The summed E-state index contributed by atoms with van der Waals surface area (Å²) in [5.74, 6) is -2.84. The van der Waals surface area contributed by atoms with Gasteiger partial charge >= 0.3 is 33.2 Å². The SMILES string of the molecule is [B]OC(=O)/C(=C\B1OCO1)O/N=C(\C(=O)N[C@@H]1C(=O)N2C(C(=O)OCc3ccc(OC)cc3)=C(CI)CS(=O)[C@H]12)c1csc(NC(=O)OC(C)(C)C)n1. The number of hydrogen-bond donors (Lipinski definition) is 2. The summed E-state index contributed by atoms with van der Waals surface area (Å²) in [6.07, 6.45) is -0.828. The van der Waals surface area contributed by atoms with Crippen molar-refractivity contribution in [3.63, 3.8) is 0 Å². The van der Waals surface area contributed by atoms with Gasteiger partial charge in [0.15, 0.2) is 10.8 Å². The molecule has 5 rings (SSSR count). The Morgan fingerprint density at radius 1 is 1.23 bits per heavy atom. The number of nitrogens with zero attached hydrogens (tertiary/aromatic N) is 3. The van der Waals surface area contributed by atoms with E-state index in [1.165, 1.54) is 12.5 Å². The Kier molecular flexibility index (Phi) is 13.0. The quantitative estimate of drug-likeness (QED) is 0.0336. The van der Waals surface area contributed by atoms with Crippen LogP contribution in [0.1, 0.15) is 32.0 Å². The zero-order valence-electron chi connectivity index (χ0n) is 28.4.